The molecule has 0 atom stereocenters. The Morgan fingerprint density at radius 2 is 2.04 bits per heavy atom. The summed E-state index contributed by atoms with van der Waals surface area (Å²) in [5.74, 6) is 0.298. The van der Waals surface area contributed by atoms with Crippen LogP contribution in [0.3, 0.4) is 0 Å². The summed E-state index contributed by atoms with van der Waals surface area (Å²) < 4.78 is 6.46. The van der Waals surface area contributed by atoms with Crippen LogP contribution in [0.2, 0.25) is 0 Å². The zero-order valence-corrected chi connectivity index (χ0v) is 15.3. The van der Waals surface area contributed by atoms with Crippen LogP contribution in [0.1, 0.15) is 5.76 Å². The third-order valence-corrected chi connectivity index (χ3v) is 4.78. The minimum Gasteiger partial charge on any atom is -0.467 e. The first-order chi connectivity index (χ1) is 13.6. The Labute approximate surface area is 161 Å². The molecule has 4 rings (SSSR count). The van der Waals surface area contributed by atoms with Crippen LogP contribution in [0.15, 0.2) is 67.9 Å². The molecule has 0 unspecified atom stereocenters. The molecule has 10 heteroatoms. The molecule has 0 saturated carbocycles. The van der Waals surface area contributed by atoms with Crippen LogP contribution in [0.25, 0.3) is 11.0 Å². The maximum atomic E-state index is 12.4. The second-order valence-corrected chi connectivity index (χ2v) is 6.85. The number of carbonyl (C=O) groups excluding carboxylic acids is 1. The van der Waals surface area contributed by atoms with Gasteiger partial charge in [0.25, 0.3) is 5.56 Å². The molecule has 1 aromatic carbocycles. The maximum absolute atomic E-state index is 12.4. The third kappa shape index (κ3) is 3.91. The Balaban J connectivity index is 1.49. The standard InChI is InChI=1S/C18H15N5O4S/c24-15-8-14(23(18(26)22-15)9-11-4-3-7-27-11)21-16(25)10-28-17-19-12-5-1-2-6-13(12)20-17/h1-8H,9-10H2,(H,19,20)(H,21,25)(H,22,24,26). The van der Waals surface area contributed by atoms with Gasteiger partial charge in [0.1, 0.15) is 11.6 Å². The van der Waals surface area contributed by atoms with Gasteiger partial charge in [0, 0.05) is 6.07 Å². The molecular formula is C18H15N5O4S. The number of para-hydroxylation sites is 2. The molecule has 0 radical (unpaired) electrons. The van der Waals surface area contributed by atoms with Crippen LogP contribution in [-0.2, 0) is 11.3 Å². The largest absolute Gasteiger partial charge is 0.467 e. The first kappa shape index (κ1) is 17.9. The minimum absolute atomic E-state index is 0.0571. The maximum Gasteiger partial charge on any atom is 0.330 e. The van der Waals surface area contributed by atoms with Crippen molar-refractivity contribution in [2.24, 2.45) is 0 Å². The third-order valence-electron chi connectivity index (χ3n) is 3.90. The Morgan fingerprint density at radius 3 is 2.82 bits per heavy atom. The van der Waals surface area contributed by atoms with Gasteiger partial charge in [0.15, 0.2) is 5.16 Å². The highest BCUT2D eigenvalue weighted by atomic mass is 32.2. The summed E-state index contributed by atoms with van der Waals surface area (Å²) in [5, 5.41) is 3.22. The van der Waals surface area contributed by atoms with Crippen molar-refractivity contribution in [3.8, 4) is 0 Å². The molecule has 0 fully saturated rings. The van der Waals surface area contributed by atoms with Gasteiger partial charge in [0.2, 0.25) is 5.91 Å². The van der Waals surface area contributed by atoms with Crippen molar-refractivity contribution >= 4 is 34.5 Å². The van der Waals surface area contributed by atoms with Gasteiger partial charge in [-0.2, -0.15) is 0 Å². The van der Waals surface area contributed by atoms with E-state index in [4.69, 9.17) is 4.42 Å². The number of aromatic nitrogens is 4. The van der Waals surface area contributed by atoms with Gasteiger partial charge in [-0.3, -0.25) is 19.1 Å². The number of anilines is 1. The average Bonchev–Trinajstić information content (AvgIpc) is 3.32. The van der Waals surface area contributed by atoms with Crippen LogP contribution < -0.4 is 16.6 Å². The smallest absolute Gasteiger partial charge is 0.330 e. The van der Waals surface area contributed by atoms with Crippen LogP contribution >= 0.6 is 11.8 Å². The Kier molecular flexibility index (Phi) is 4.85. The molecule has 0 bridgehead atoms. The number of carbonyl (C=O) groups is 1. The molecular weight excluding hydrogens is 382 g/mol. The summed E-state index contributed by atoms with van der Waals surface area (Å²) in [6.07, 6.45) is 1.48. The first-order valence-corrected chi connectivity index (χ1v) is 9.31. The van der Waals surface area contributed by atoms with Gasteiger partial charge < -0.3 is 14.7 Å². The molecule has 28 heavy (non-hydrogen) atoms. The van der Waals surface area contributed by atoms with Gasteiger partial charge in [0.05, 0.1) is 29.6 Å². The van der Waals surface area contributed by atoms with E-state index in [0.29, 0.717) is 10.9 Å². The topological polar surface area (TPSA) is 126 Å². The molecule has 9 nitrogen and oxygen atoms in total. The highest BCUT2D eigenvalue weighted by molar-refractivity contribution is 7.99. The molecule has 0 spiro atoms. The molecule has 1 amide bonds. The van der Waals surface area contributed by atoms with E-state index in [9.17, 15) is 14.4 Å². The molecule has 0 aliphatic carbocycles. The van der Waals surface area contributed by atoms with E-state index >= 15 is 0 Å². The fourth-order valence-corrected chi connectivity index (χ4v) is 3.33. The molecule has 0 saturated heterocycles. The van der Waals surface area contributed by atoms with E-state index in [1.54, 1.807) is 12.1 Å². The van der Waals surface area contributed by atoms with E-state index in [1.165, 1.54) is 22.6 Å². The molecule has 4 aromatic rings. The van der Waals surface area contributed by atoms with Crippen LogP contribution in [0, 0.1) is 0 Å². The van der Waals surface area contributed by atoms with Crippen molar-refractivity contribution in [3.05, 3.63) is 75.3 Å². The summed E-state index contributed by atoms with van der Waals surface area (Å²) in [7, 11) is 0. The number of hydrogen-bond acceptors (Lipinski definition) is 6. The van der Waals surface area contributed by atoms with E-state index in [-0.39, 0.29) is 24.0 Å². The molecule has 3 heterocycles. The lowest BCUT2D eigenvalue weighted by atomic mass is 10.3. The monoisotopic (exact) mass is 397 g/mol. The number of amides is 1. The molecule has 0 aliphatic heterocycles. The predicted molar refractivity (Wildman–Crippen MR) is 105 cm³/mol. The number of aromatic amines is 2. The van der Waals surface area contributed by atoms with Gasteiger partial charge in [-0.1, -0.05) is 23.9 Å². The van der Waals surface area contributed by atoms with Crippen molar-refractivity contribution in [2.75, 3.05) is 11.1 Å². The van der Waals surface area contributed by atoms with E-state index < -0.39 is 11.2 Å². The van der Waals surface area contributed by atoms with Gasteiger partial charge in [-0.25, -0.2) is 9.78 Å². The Morgan fingerprint density at radius 1 is 1.18 bits per heavy atom. The molecule has 3 aromatic heterocycles. The quantitative estimate of drug-likeness (QED) is 0.426. The highest BCUT2D eigenvalue weighted by Crippen LogP contribution is 2.19. The van der Waals surface area contributed by atoms with Crippen LogP contribution in [0.5, 0.6) is 0 Å². The molecule has 3 N–H and O–H groups in total. The highest BCUT2D eigenvalue weighted by Gasteiger charge is 2.13. The van der Waals surface area contributed by atoms with Crippen LogP contribution in [0.4, 0.5) is 5.82 Å². The SMILES string of the molecule is O=C(CSc1nc2ccccc2[nH]1)Nc1cc(=O)[nH]c(=O)n1Cc1ccco1. The van der Waals surface area contributed by atoms with E-state index in [0.717, 1.165) is 17.1 Å². The van der Waals surface area contributed by atoms with Crippen molar-refractivity contribution in [2.45, 2.75) is 11.7 Å². The van der Waals surface area contributed by atoms with E-state index in [1.807, 2.05) is 24.3 Å². The number of H-pyrrole nitrogens is 2. The lowest BCUT2D eigenvalue weighted by Crippen LogP contribution is -2.33. The second-order valence-electron chi connectivity index (χ2n) is 5.89. The van der Waals surface area contributed by atoms with Crippen molar-refractivity contribution in [1.82, 2.24) is 19.5 Å². The number of nitrogens with one attached hydrogen (secondary N) is 3. The number of rotatable bonds is 6. The van der Waals surface area contributed by atoms with Gasteiger partial charge in [-0.05, 0) is 24.3 Å². The molecule has 142 valence electrons. The number of hydrogen-bond donors (Lipinski definition) is 3. The Hall–Kier alpha value is -3.53. The normalized spacial score (nSPS) is 11.0. The number of fused-ring (bicyclic) bond motifs is 1. The second kappa shape index (κ2) is 7.61. The fourth-order valence-electron chi connectivity index (χ4n) is 2.65. The van der Waals surface area contributed by atoms with Crippen LogP contribution in [-0.4, -0.2) is 31.2 Å². The minimum atomic E-state index is -0.635. The fraction of sp³-hybridized carbons (Fsp3) is 0.111. The lowest BCUT2D eigenvalue weighted by molar-refractivity contribution is -0.113. The van der Waals surface area contributed by atoms with E-state index in [2.05, 4.69) is 20.3 Å². The average molecular weight is 397 g/mol. The number of imidazole rings is 1. The summed E-state index contributed by atoms with van der Waals surface area (Å²) >= 11 is 1.22. The first-order valence-electron chi connectivity index (χ1n) is 8.32. The summed E-state index contributed by atoms with van der Waals surface area (Å²) in [6, 6.07) is 12.1. The zero-order chi connectivity index (χ0) is 19.5. The lowest BCUT2D eigenvalue weighted by Gasteiger charge is -2.11. The number of benzene rings is 1. The summed E-state index contributed by atoms with van der Waals surface area (Å²) in [5.41, 5.74) is 0.463. The summed E-state index contributed by atoms with van der Waals surface area (Å²) in [6.45, 7) is 0.0783. The van der Waals surface area contributed by atoms with Gasteiger partial charge >= 0.3 is 5.69 Å². The zero-order valence-electron chi connectivity index (χ0n) is 14.5. The van der Waals surface area contributed by atoms with Crippen molar-refractivity contribution in [3.63, 3.8) is 0 Å². The number of nitrogens with zero attached hydrogens (tertiary/aromatic N) is 2. The Bertz CT molecular complexity index is 1210. The van der Waals surface area contributed by atoms with Gasteiger partial charge in [-0.15, -0.1) is 0 Å². The van der Waals surface area contributed by atoms with Crippen molar-refractivity contribution < 1.29 is 9.21 Å². The predicted octanol–water partition coefficient (Wildman–Crippen LogP) is 1.78. The molecule has 0 aliphatic rings. The number of thioether (sulfide) groups is 1. The summed E-state index contributed by atoms with van der Waals surface area (Å²) in [4.78, 5) is 45.8. The van der Waals surface area contributed by atoms with Crippen molar-refractivity contribution in [1.29, 1.82) is 0 Å². The number of furan rings is 1.